The largest absolute Gasteiger partial charge is 0.391 e. The number of nitrogens with zero attached hydrogens (tertiary/aromatic N) is 2. The molecule has 2 fully saturated rings. The monoisotopic (exact) mass is 294 g/mol. The molecule has 1 heterocycles. The van der Waals surface area contributed by atoms with E-state index in [1.165, 1.54) is 18.4 Å². The van der Waals surface area contributed by atoms with E-state index >= 15 is 0 Å². The number of aliphatic hydroxyl groups is 1. The number of benzene rings is 1. The Hall–Kier alpha value is -2.12. The zero-order valence-corrected chi connectivity index (χ0v) is 12.4. The van der Waals surface area contributed by atoms with E-state index in [1.807, 2.05) is 11.0 Å². The molecule has 0 unspecified atom stereocenters. The third-order valence-electron chi connectivity index (χ3n) is 4.90. The summed E-state index contributed by atoms with van der Waals surface area (Å²) in [5, 5.41) is 19.3. The molecule has 0 bridgehead atoms. The number of ketones is 1. The molecule has 2 aliphatic carbocycles. The van der Waals surface area contributed by atoms with Crippen LogP contribution in [0.4, 0.5) is 0 Å². The Morgan fingerprint density at radius 1 is 1.27 bits per heavy atom. The average molecular weight is 294 g/mol. The van der Waals surface area contributed by atoms with Gasteiger partial charge in [-0.2, -0.15) is 5.26 Å². The van der Waals surface area contributed by atoms with E-state index in [1.54, 1.807) is 0 Å². The Kier molecular flexibility index (Phi) is 3.05. The summed E-state index contributed by atoms with van der Waals surface area (Å²) >= 11 is 0. The van der Waals surface area contributed by atoms with Crippen molar-refractivity contribution in [2.24, 2.45) is 0 Å². The van der Waals surface area contributed by atoms with Gasteiger partial charge >= 0.3 is 0 Å². The molecule has 4 nitrogen and oxygen atoms in total. The van der Waals surface area contributed by atoms with E-state index in [0.717, 1.165) is 16.8 Å². The molecule has 22 heavy (non-hydrogen) atoms. The van der Waals surface area contributed by atoms with Crippen LogP contribution in [0.25, 0.3) is 5.70 Å². The van der Waals surface area contributed by atoms with Crippen LogP contribution >= 0.6 is 0 Å². The number of nitriles is 1. The van der Waals surface area contributed by atoms with Crippen LogP contribution in [0, 0.1) is 11.3 Å². The molecule has 0 radical (unpaired) electrons. The van der Waals surface area contributed by atoms with Crippen molar-refractivity contribution in [2.75, 3.05) is 13.1 Å². The number of aliphatic hydroxyl groups excluding tert-OH is 1. The number of rotatable bonds is 2. The highest BCUT2D eigenvalue weighted by molar-refractivity contribution is 6.10. The molecule has 1 aromatic carbocycles. The maximum Gasteiger partial charge on any atom is 0.179 e. The minimum atomic E-state index is -0.375. The summed E-state index contributed by atoms with van der Waals surface area (Å²) in [7, 11) is 0. The van der Waals surface area contributed by atoms with Crippen LogP contribution < -0.4 is 0 Å². The van der Waals surface area contributed by atoms with Crippen LogP contribution in [0.15, 0.2) is 23.8 Å². The smallest absolute Gasteiger partial charge is 0.179 e. The van der Waals surface area contributed by atoms with Gasteiger partial charge in [0.1, 0.15) is 11.6 Å². The van der Waals surface area contributed by atoms with Gasteiger partial charge in [-0.3, -0.25) is 4.79 Å². The Balaban J connectivity index is 1.85. The summed E-state index contributed by atoms with van der Waals surface area (Å²) in [6.07, 6.45) is 3.07. The molecule has 1 saturated carbocycles. The first-order valence-electron chi connectivity index (χ1n) is 7.91. The molecule has 1 aromatic rings. The highest BCUT2D eigenvalue weighted by atomic mass is 16.3. The van der Waals surface area contributed by atoms with Crippen molar-refractivity contribution in [2.45, 2.75) is 37.7 Å². The Labute approximate surface area is 129 Å². The second-order valence-corrected chi connectivity index (χ2v) is 6.51. The van der Waals surface area contributed by atoms with E-state index in [0.29, 0.717) is 31.8 Å². The predicted molar refractivity (Wildman–Crippen MR) is 81.9 cm³/mol. The van der Waals surface area contributed by atoms with Crippen LogP contribution in [-0.2, 0) is 11.2 Å². The molecule has 4 heteroatoms. The number of hydrogen-bond acceptors (Lipinski definition) is 4. The topological polar surface area (TPSA) is 64.3 Å². The normalized spacial score (nSPS) is 24.5. The lowest BCUT2D eigenvalue weighted by Gasteiger charge is -2.28. The number of fused-ring (bicyclic) bond motifs is 1. The standard InChI is InChI=1S/C18H18N2O2/c19-9-16-17(22)8-13-4-3-12(11-1-2-11)7-15(13)18(16)20-6-5-14(21)10-20/h3-4,7,11,14,21H,1-2,5-6,8,10H2/t14-/m0/s1. The molecule has 1 aliphatic heterocycles. The fourth-order valence-electron chi connectivity index (χ4n) is 3.56. The van der Waals surface area contributed by atoms with Gasteiger partial charge in [0, 0.05) is 25.1 Å². The lowest BCUT2D eigenvalue weighted by atomic mass is 9.86. The maximum absolute atomic E-state index is 12.3. The van der Waals surface area contributed by atoms with Gasteiger partial charge in [-0.15, -0.1) is 0 Å². The molecule has 1 N–H and O–H groups in total. The second-order valence-electron chi connectivity index (χ2n) is 6.51. The number of likely N-dealkylation sites (tertiary alicyclic amines) is 1. The molecular formula is C18H18N2O2. The third-order valence-corrected chi connectivity index (χ3v) is 4.90. The average Bonchev–Trinajstić information content (AvgIpc) is 3.27. The fraction of sp³-hybridized carbons (Fsp3) is 0.444. The summed E-state index contributed by atoms with van der Waals surface area (Å²) in [4.78, 5) is 14.3. The fourth-order valence-corrected chi connectivity index (χ4v) is 3.56. The molecule has 112 valence electrons. The predicted octanol–water partition coefficient (Wildman–Crippen LogP) is 1.99. The van der Waals surface area contributed by atoms with Crippen LogP contribution in [0.3, 0.4) is 0 Å². The van der Waals surface area contributed by atoms with Gasteiger partial charge in [-0.1, -0.05) is 12.1 Å². The van der Waals surface area contributed by atoms with Gasteiger partial charge in [0.25, 0.3) is 0 Å². The Morgan fingerprint density at radius 3 is 2.73 bits per heavy atom. The van der Waals surface area contributed by atoms with Gasteiger partial charge in [0.2, 0.25) is 0 Å². The first-order valence-corrected chi connectivity index (χ1v) is 7.91. The van der Waals surface area contributed by atoms with E-state index in [-0.39, 0.29) is 17.5 Å². The van der Waals surface area contributed by atoms with Gasteiger partial charge in [-0.25, -0.2) is 0 Å². The van der Waals surface area contributed by atoms with Crippen LogP contribution in [0.5, 0.6) is 0 Å². The van der Waals surface area contributed by atoms with Crippen molar-refractivity contribution >= 4 is 11.5 Å². The Bertz CT molecular complexity index is 725. The van der Waals surface area contributed by atoms with E-state index in [9.17, 15) is 15.2 Å². The SMILES string of the molecule is N#CC1=C(N2CC[C@H](O)C2)c2cc(C3CC3)ccc2CC1=O. The van der Waals surface area contributed by atoms with Crippen LogP contribution in [0.2, 0.25) is 0 Å². The second kappa shape index (κ2) is 4.96. The van der Waals surface area contributed by atoms with Gasteiger partial charge < -0.3 is 10.0 Å². The van der Waals surface area contributed by atoms with Gasteiger partial charge in [-0.05, 0) is 42.4 Å². The van der Waals surface area contributed by atoms with Gasteiger partial charge in [0.15, 0.2) is 5.78 Å². The van der Waals surface area contributed by atoms with E-state index in [2.05, 4.69) is 18.2 Å². The number of hydrogen-bond donors (Lipinski definition) is 1. The quantitative estimate of drug-likeness (QED) is 0.906. The van der Waals surface area contributed by atoms with Crippen molar-refractivity contribution in [1.82, 2.24) is 4.90 Å². The third kappa shape index (κ3) is 2.13. The minimum Gasteiger partial charge on any atom is -0.391 e. The van der Waals surface area contributed by atoms with Crippen LogP contribution in [-0.4, -0.2) is 35.0 Å². The number of carbonyl (C=O) groups excluding carboxylic acids is 1. The summed E-state index contributed by atoms with van der Waals surface area (Å²) in [6, 6.07) is 8.44. The summed E-state index contributed by atoms with van der Waals surface area (Å²) < 4.78 is 0. The number of β-amino-alcohol motifs (C(OH)–C–C–N with tert-alkyl or cyclic N) is 1. The van der Waals surface area contributed by atoms with Crippen molar-refractivity contribution in [3.8, 4) is 6.07 Å². The van der Waals surface area contributed by atoms with Crippen molar-refractivity contribution < 1.29 is 9.90 Å². The summed E-state index contributed by atoms with van der Waals surface area (Å²) in [5.41, 5.74) is 4.34. The molecule has 1 atom stereocenters. The maximum atomic E-state index is 12.3. The first kappa shape index (κ1) is 13.5. The first-order chi connectivity index (χ1) is 10.7. The molecule has 0 spiro atoms. The zero-order chi connectivity index (χ0) is 15.3. The lowest BCUT2D eigenvalue weighted by molar-refractivity contribution is -0.114. The molecule has 1 saturated heterocycles. The zero-order valence-electron chi connectivity index (χ0n) is 12.4. The number of allylic oxidation sites excluding steroid dienone is 1. The van der Waals surface area contributed by atoms with Crippen molar-refractivity contribution in [3.63, 3.8) is 0 Å². The molecule has 4 rings (SSSR count). The van der Waals surface area contributed by atoms with Crippen molar-refractivity contribution in [1.29, 1.82) is 5.26 Å². The number of Topliss-reactive ketones (excluding diaryl/α,β-unsaturated/α-hetero) is 1. The van der Waals surface area contributed by atoms with E-state index in [4.69, 9.17) is 0 Å². The summed E-state index contributed by atoms with van der Waals surface area (Å²) in [6.45, 7) is 1.20. The van der Waals surface area contributed by atoms with Gasteiger partial charge in [0.05, 0.1) is 11.8 Å². The minimum absolute atomic E-state index is 0.106. The molecule has 0 amide bonds. The molecule has 3 aliphatic rings. The number of carbonyl (C=O) groups is 1. The summed E-state index contributed by atoms with van der Waals surface area (Å²) in [5.74, 6) is 0.532. The van der Waals surface area contributed by atoms with Crippen LogP contribution in [0.1, 0.15) is 41.9 Å². The highest BCUT2D eigenvalue weighted by Gasteiger charge is 2.33. The lowest BCUT2D eigenvalue weighted by Crippen LogP contribution is -2.27. The Morgan fingerprint density at radius 2 is 2.09 bits per heavy atom. The molecule has 0 aromatic heterocycles. The highest BCUT2D eigenvalue weighted by Crippen LogP contribution is 2.43. The molecular weight excluding hydrogens is 276 g/mol. The van der Waals surface area contributed by atoms with Crippen molar-refractivity contribution in [3.05, 3.63) is 40.5 Å². The van der Waals surface area contributed by atoms with E-state index < -0.39 is 0 Å².